The highest BCUT2D eigenvalue weighted by Gasteiger charge is 2.34. The van der Waals surface area contributed by atoms with Crippen LogP contribution in [0.3, 0.4) is 0 Å². The summed E-state index contributed by atoms with van der Waals surface area (Å²) >= 11 is 0.121. The van der Waals surface area contributed by atoms with Crippen LogP contribution in [-0.2, 0) is 6.18 Å². The Balaban J connectivity index is 2.89. The van der Waals surface area contributed by atoms with Crippen LogP contribution >= 0.6 is 11.3 Å². The smallest absolute Gasteiger partial charge is 0.382 e. The third-order valence-corrected chi connectivity index (χ3v) is 2.64. The number of rotatable bonds is 2. The molecule has 0 bridgehead atoms. The lowest BCUT2D eigenvalue weighted by molar-refractivity contribution is -0.134. The zero-order valence-corrected chi connectivity index (χ0v) is 7.37. The zero-order valence-electron chi connectivity index (χ0n) is 6.55. The van der Waals surface area contributed by atoms with Crippen LogP contribution in [0.2, 0.25) is 0 Å². The maximum atomic E-state index is 12.0. The van der Waals surface area contributed by atoms with Crippen LogP contribution in [0.25, 0.3) is 0 Å². The number of aliphatic hydroxyl groups is 1. The zero-order chi connectivity index (χ0) is 10.9. The van der Waals surface area contributed by atoms with Gasteiger partial charge in [0, 0.05) is 4.88 Å². The van der Waals surface area contributed by atoms with Crippen molar-refractivity contribution in [3.8, 4) is 0 Å². The molecule has 0 saturated carbocycles. The first-order valence-electron chi connectivity index (χ1n) is 3.45. The SMILES string of the molecule is OC(c1ccc(C(F)(F)F)s1)C(F)F. The van der Waals surface area contributed by atoms with Gasteiger partial charge in [-0.2, -0.15) is 13.2 Å². The molecule has 1 N–H and O–H groups in total. The van der Waals surface area contributed by atoms with Crippen LogP contribution in [0.4, 0.5) is 22.0 Å². The number of hydrogen-bond acceptors (Lipinski definition) is 2. The van der Waals surface area contributed by atoms with E-state index in [0.717, 1.165) is 6.07 Å². The van der Waals surface area contributed by atoms with E-state index in [4.69, 9.17) is 5.11 Å². The van der Waals surface area contributed by atoms with Crippen molar-refractivity contribution in [1.29, 1.82) is 0 Å². The Morgan fingerprint density at radius 2 is 1.79 bits per heavy atom. The first kappa shape index (κ1) is 11.4. The van der Waals surface area contributed by atoms with E-state index in [0.29, 0.717) is 6.07 Å². The molecule has 1 nitrogen and oxygen atoms in total. The van der Waals surface area contributed by atoms with E-state index in [9.17, 15) is 22.0 Å². The molecule has 1 atom stereocenters. The van der Waals surface area contributed by atoms with E-state index in [1.54, 1.807) is 0 Å². The van der Waals surface area contributed by atoms with E-state index in [1.165, 1.54) is 0 Å². The van der Waals surface area contributed by atoms with Gasteiger partial charge in [-0.15, -0.1) is 11.3 Å². The van der Waals surface area contributed by atoms with E-state index in [-0.39, 0.29) is 16.2 Å². The Morgan fingerprint density at radius 1 is 1.21 bits per heavy atom. The number of aliphatic hydroxyl groups excluding tert-OH is 1. The van der Waals surface area contributed by atoms with Crippen molar-refractivity contribution >= 4 is 11.3 Å². The average molecular weight is 232 g/mol. The van der Waals surface area contributed by atoms with Gasteiger partial charge in [0.2, 0.25) is 0 Å². The fraction of sp³-hybridized carbons (Fsp3) is 0.429. The van der Waals surface area contributed by atoms with Gasteiger partial charge in [0.05, 0.1) is 0 Å². The van der Waals surface area contributed by atoms with Crippen LogP contribution < -0.4 is 0 Å². The van der Waals surface area contributed by atoms with Gasteiger partial charge in [-0.1, -0.05) is 0 Å². The molecule has 1 unspecified atom stereocenters. The summed E-state index contributed by atoms with van der Waals surface area (Å²) in [7, 11) is 0. The molecule has 0 aliphatic heterocycles. The number of alkyl halides is 5. The molecule has 0 saturated heterocycles. The van der Waals surface area contributed by atoms with Crippen molar-refractivity contribution in [2.75, 3.05) is 0 Å². The fourth-order valence-electron chi connectivity index (χ4n) is 0.788. The molecule has 1 heterocycles. The van der Waals surface area contributed by atoms with Crippen molar-refractivity contribution in [2.24, 2.45) is 0 Å². The summed E-state index contributed by atoms with van der Waals surface area (Å²) in [6.07, 6.45) is -9.77. The second-order valence-electron chi connectivity index (χ2n) is 2.48. The van der Waals surface area contributed by atoms with Gasteiger partial charge in [0.1, 0.15) is 11.0 Å². The standard InChI is InChI=1S/C7H5F5OS/c8-6(9)5(13)3-1-2-4(14-3)7(10,11)12/h1-2,5-6,13H. The lowest BCUT2D eigenvalue weighted by atomic mass is 10.3. The van der Waals surface area contributed by atoms with Gasteiger partial charge < -0.3 is 5.11 Å². The van der Waals surface area contributed by atoms with Crippen molar-refractivity contribution in [1.82, 2.24) is 0 Å². The monoisotopic (exact) mass is 232 g/mol. The van der Waals surface area contributed by atoms with Gasteiger partial charge in [0.15, 0.2) is 0 Å². The molecule has 1 aromatic rings. The summed E-state index contributed by atoms with van der Waals surface area (Å²) in [5.41, 5.74) is 0. The Bertz CT molecular complexity index is 305. The largest absolute Gasteiger partial charge is 0.425 e. The maximum Gasteiger partial charge on any atom is 0.425 e. The molecule has 0 aromatic carbocycles. The molecular weight excluding hydrogens is 227 g/mol. The molecule has 1 aromatic heterocycles. The molecule has 1 rings (SSSR count). The predicted octanol–water partition coefficient (Wildman–Crippen LogP) is 3.07. The minimum atomic E-state index is -4.55. The van der Waals surface area contributed by atoms with Crippen LogP contribution in [-0.4, -0.2) is 11.5 Å². The maximum absolute atomic E-state index is 12.0. The minimum Gasteiger partial charge on any atom is -0.382 e. The summed E-state index contributed by atoms with van der Waals surface area (Å²) in [6.45, 7) is 0. The molecule has 80 valence electrons. The lowest BCUT2D eigenvalue weighted by Gasteiger charge is -2.06. The van der Waals surface area contributed by atoms with Crippen LogP contribution in [0.1, 0.15) is 15.9 Å². The summed E-state index contributed by atoms with van der Waals surface area (Å²) < 4.78 is 59.8. The highest BCUT2D eigenvalue weighted by atomic mass is 32.1. The van der Waals surface area contributed by atoms with Gasteiger partial charge in [-0.3, -0.25) is 0 Å². The Morgan fingerprint density at radius 3 is 2.14 bits per heavy atom. The normalized spacial score (nSPS) is 14.8. The number of thiophene rings is 1. The lowest BCUT2D eigenvalue weighted by Crippen LogP contribution is -2.05. The summed E-state index contributed by atoms with van der Waals surface area (Å²) in [6, 6.07) is 1.52. The van der Waals surface area contributed by atoms with Crippen molar-refractivity contribution in [3.05, 3.63) is 21.9 Å². The van der Waals surface area contributed by atoms with Crippen LogP contribution in [0, 0.1) is 0 Å². The van der Waals surface area contributed by atoms with Gasteiger partial charge in [-0.05, 0) is 12.1 Å². The molecule has 0 fully saturated rings. The average Bonchev–Trinajstić information content (AvgIpc) is 2.49. The third-order valence-electron chi connectivity index (χ3n) is 1.44. The molecule has 7 heteroatoms. The van der Waals surface area contributed by atoms with E-state index in [1.807, 2.05) is 0 Å². The highest BCUT2D eigenvalue weighted by molar-refractivity contribution is 7.12. The Kier molecular flexibility index (Phi) is 3.10. The van der Waals surface area contributed by atoms with Crippen LogP contribution in [0.5, 0.6) is 0 Å². The second kappa shape index (κ2) is 3.82. The first-order chi connectivity index (χ1) is 6.32. The Labute approximate surface area is 79.8 Å². The van der Waals surface area contributed by atoms with Gasteiger partial charge in [0.25, 0.3) is 6.43 Å². The van der Waals surface area contributed by atoms with Crippen LogP contribution in [0.15, 0.2) is 12.1 Å². The minimum absolute atomic E-state index is 0.121. The topological polar surface area (TPSA) is 20.2 Å². The predicted molar refractivity (Wildman–Crippen MR) is 40.3 cm³/mol. The molecule has 0 aliphatic rings. The third kappa shape index (κ3) is 2.42. The quantitative estimate of drug-likeness (QED) is 0.777. The van der Waals surface area contributed by atoms with Gasteiger partial charge >= 0.3 is 6.18 Å². The molecule has 0 aliphatic carbocycles. The van der Waals surface area contributed by atoms with Crippen molar-refractivity contribution < 1.29 is 27.1 Å². The van der Waals surface area contributed by atoms with Crippen molar-refractivity contribution in [3.63, 3.8) is 0 Å². The summed E-state index contributed by atoms with van der Waals surface area (Å²) in [5, 5.41) is 8.77. The van der Waals surface area contributed by atoms with Crippen molar-refractivity contribution in [2.45, 2.75) is 18.7 Å². The molecule has 0 radical (unpaired) electrons. The second-order valence-corrected chi connectivity index (χ2v) is 3.59. The highest BCUT2D eigenvalue weighted by Crippen LogP contribution is 2.37. The molecule has 14 heavy (non-hydrogen) atoms. The summed E-state index contributed by atoms with van der Waals surface area (Å²) in [5.74, 6) is 0. The summed E-state index contributed by atoms with van der Waals surface area (Å²) in [4.78, 5) is -1.38. The number of halogens is 5. The van der Waals surface area contributed by atoms with E-state index < -0.39 is 23.6 Å². The van der Waals surface area contributed by atoms with E-state index in [2.05, 4.69) is 0 Å². The Hall–Kier alpha value is -0.690. The fourth-order valence-corrected chi connectivity index (χ4v) is 1.65. The first-order valence-corrected chi connectivity index (χ1v) is 4.27. The van der Waals surface area contributed by atoms with E-state index >= 15 is 0 Å². The van der Waals surface area contributed by atoms with Gasteiger partial charge in [-0.25, -0.2) is 8.78 Å². The molecule has 0 spiro atoms. The molecule has 0 amide bonds. The molecular formula is C7H5F5OS. The number of hydrogen-bond donors (Lipinski definition) is 1.